The standard InChI is InChI=1S/C20H17N7OS/c1-3-28-15-7-5-4-6-13(15)18-14(10-21)17-19(29-18)20(24-12-23-17)26-25-11-16-22-8-9-27(16)2/h4-9,11-12H,3H2,1-2H3,(H,23,24,26). The Balaban J connectivity index is 1.77. The van der Waals surface area contributed by atoms with E-state index in [2.05, 4.69) is 31.5 Å². The summed E-state index contributed by atoms with van der Waals surface area (Å²) in [5.41, 5.74) is 4.88. The number of hydrogen-bond donors (Lipinski definition) is 1. The van der Waals surface area contributed by atoms with E-state index in [9.17, 15) is 5.26 Å². The van der Waals surface area contributed by atoms with Crippen molar-refractivity contribution in [2.45, 2.75) is 6.92 Å². The first-order chi connectivity index (χ1) is 14.2. The van der Waals surface area contributed by atoms with Crippen LogP contribution in [0.5, 0.6) is 5.75 Å². The van der Waals surface area contributed by atoms with Crippen molar-refractivity contribution >= 4 is 33.6 Å². The Labute approximate surface area is 171 Å². The molecule has 3 aromatic heterocycles. The van der Waals surface area contributed by atoms with Crippen LogP contribution in [0.4, 0.5) is 5.82 Å². The van der Waals surface area contributed by atoms with Gasteiger partial charge in [-0.1, -0.05) is 12.1 Å². The Bertz CT molecular complexity index is 1240. The molecule has 0 aliphatic carbocycles. The molecular weight excluding hydrogens is 386 g/mol. The van der Waals surface area contributed by atoms with E-state index in [0.717, 1.165) is 20.9 Å². The minimum Gasteiger partial charge on any atom is -0.493 e. The number of thiophene rings is 1. The summed E-state index contributed by atoms with van der Waals surface area (Å²) in [5, 5.41) is 14.0. The normalized spacial score (nSPS) is 11.1. The lowest BCUT2D eigenvalue weighted by molar-refractivity contribution is 0.341. The molecule has 0 aliphatic heterocycles. The Kier molecular flexibility index (Phi) is 5.18. The zero-order valence-electron chi connectivity index (χ0n) is 15.8. The highest BCUT2D eigenvalue weighted by molar-refractivity contribution is 7.23. The lowest BCUT2D eigenvalue weighted by Gasteiger charge is -2.08. The summed E-state index contributed by atoms with van der Waals surface area (Å²) in [6.07, 6.45) is 6.57. The van der Waals surface area contributed by atoms with Crippen LogP contribution in [0.15, 0.2) is 48.1 Å². The summed E-state index contributed by atoms with van der Waals surface area (Å²) in [4.78, 5) is 13.6. The lowest BCUT2D eigenvalue weighted by Crippen LogP contribution is -1.99. The highest BCUT2D eigenvalue weighted by Gasteiger charge is 2.20. The number of aryl methyl sites for hydroxylation is 1. The summed E-state index contributed by atoms with van der Waals surface area (Å²) >= 11 is 1.43. The zero-order chi connectivity index (χ0) is 20.2. The SMILES string of the molecule is CCOc1ccccc1-c1sc2c(NN=Cc3nccn3C)ncnc2c1C#N. The van der Waals surface area contributed by atoms with Crippen molar-refractivity contribution in [2.75, 3.05) is 12.0 Å². The van der Waals surface area contributed by atoms with E-state index in [-0.39, 0.29) is 0 Å². The number of para-hydroxylation sites is 1. The number of benzene rings is 1. The van der Waals surface area contributed by atoms with Gasteiger partial charge in [0, 0.05) is 25.0 Å². The molecule has 0 unspecified atom stereocenters. The fourth-order valence-corrected chi connectivity index (χ4v) is 4.04. The molecule has 4 rings (SSSR count). The molecule has 1 aromatic carbocycles. The third kappa shape index (κ3) is 3.53. The molecule has 3 heterocycles. The average Bonchev–Trinajstić information content (AvgIpc) is 3.32. The molecule has 0 radical (unpaired) electrons. The molecule has 0 atom stereocenters. The maximum Gasteiger partial charge on any atom is 0.167 e. The summed E-state index contributed by atoms with van der Waals surface area (Å²) in [6.45, 7) is 2.47. The maximum absolute atomic E-state index is 9.80. The number of nitriles is 1. The number of imidazole rings is 1. The van der Waals surface area contributed by atoms with Crippen LogP contribution in [0.2, 0.25) is 0 Å². The van der Waals surface area contributed by atoms with Gasteiger partial charge in [0.1, 0.15) is 23.7 Å². The fourth-order valence-electron chi connectivity index (χ4n) is 2.87. The van der Waals surface area contributed by atoms with Crippen LogP contribution in [0.3, 0.4) is 0 Å². The van der Waals surface area contributed by atoms with Gasteiger partial charge in [-0.3, -0.25) is 5.43 Å². The van der Waals surface area contributed by atoms with Gasteiger partial charge < -0.3 is 9.30 Å². The van der Waals surface area contributed by atoms with E-state index in [4.69, 9.17) is 4.74 Å². The third-order valence-electron chi connectivity index (χ3n) is 4.22. The van der Waals surface area contributed by atoms with E-state index < -0.39 is 0 Å². The summed E-state index contributed by atoms with van der Waals surface area (Å²) in [7, 11) is 1.89. The Morgan fingerprint density at radius 2 is 2.17 bits per heavy atom. The van der Waals surface area contributed by atoms with Crippen LogP contribution in [-0.4, -0.2) is 32.3 Å². The van der Waals surface area contributed by atoms with Gasteiger partial charge in [0.25, 0.3) is 0 Å². The first-order valence-electron chi connectivity index (χ1n) is 8.89. The Morgan fingerprint density at radius 3 is 2.93 bits per heavy atom. The number of fused-ring (bicyclic) bond motifs is 1. The van der Waals surface area contributed by atoms with E-state index in [0.29, 0.717) is 29.3 Å². The van der Waals surface area contributed by atoms with Crippen molar-refractivity contribution in [1.29, 1.82) is 5.26 Å². The first kappa shape index (κ1) is 18.6. The maximum atomic E-state index is 9.80. The minimum atomic E-state index is 0.496. The summed E-state index contributed by atoms with van der Waals surface area (Å²) in [5.74, 6) is 1.97. The summed E-state index contributed by atoms with van der Waals surface area (Å²) in [6, 6.07) is 9.95. The van der Waals surface area contributed by atoms with Gasteiger partial charge in [-0.15, -0.1) is 11.3 Å². The van der Waals surface area contributed by atoms with E-state index in [1.54, 1.807) is 12.4 Å². The molecule has 29 heavy (non-hydrogen) atoms. The van der Waals surface area contributed by atoms with Crippen LogP contribution >= 0.6 is 11.3 Å². The monoisotopic (exact) mass is 403 g/mol. The third-order valence-corrected chi connectivity index (χ3v) is 5.44. The van der Waals surface area contributed by atoms with Gasteiger partial charge in [-0.2, -0.15) is 10.4 Å². The topological polar surface area (TPSA) is 101 Å². The second-order valence-electron chi connectivity index (χ2n) is 6.01. The molecule has 0 spiro atoms. The van der Waals surface area contributed by atoms with Gasteiger partial charge in [0.2, 0.25) is 0 Å². The van der Waals surface area contributed by atoms with E-state index in [1.807, 2.05) is 49.0 Å². The van der Waals surface area contributed by atoms with Crippen molar-refractivity contribution in [2.24, 2.45) is 12.1 Å². The van der Waals surface area contributed by atoms with Crippen LogP contribution in [0.25, 0.3) is 20.7 Å². The largest absolute Gasteiger partial charge is 0.493 e. The van der Waals surface area contributed by atoms with Crippen molar-refractivity contribution < 1.29 is 4.74 Å². The number of nitrogens with one attached hydrogen (secondary N) is 1. The smallest absolute Gasteiger partial charge is 0.167 e. The fraction of sp³-hybridized carbons (Fsp3) is 0.150. The van der Waals surface area contributed by atoms with Crippen LogP contribution in [-0.2, 0) is 7.05 Å². The minimum absolute atomic E-state index is 0.496. The number of nitrogens with zero attached hydrogens (tertiary/aromatic N) is 6. The Morgan fingerprint density at radius 1 is 1.31 bits per heavy atom. The van der Waals surface area contributed by atoms with Crippen molar-refractivity contribution in [3.05, 3.63) is 54.4 Å². The number of aromatic nitrogens is 4. The average molecular weight is 403 g/mol. The predicted molar refractivity (Wildman–Crippen MR) is 113 cm³/mol. The molecule has 0 fully saturated rings. The number of hydrazone groups is 1. The molecule has 0 saturated heterocycles. The van der Waals surface area contributed by atoms with E-state index in [1.165, 1.54) is 17.7 Å². The van der Waals surface area contributed by atoms with Gasteiger partial charge in [-0.25, -0.2) is 15.0 Å². The van der Waals surface area contributed by atoms with Gasteiger partial charge >= 0.3 is 0 Å². The number of hydrogen-bond acceptors (Lipinski definition) is 8. The lowest BCUT2D eigenvalue weighted by atomic mass is 10.1. The molecule has 0 amide bonds. The van der Waals surface area contributed by atoms with Crippen molar-refractivity contribution in [1.82, 2.24) is 19.5 Å². The molecule has 9 heteroatoms. The molecule has 4 aromatic rings. The highest BCUT2D eigenvalue weighted by Crippen LogP contribution is 2.43. The van der Waals surface area contributed by atoms with Gasteiger partial charge in [0.05, 0.1) is 28.0 Å². The van der Waals surface area contributed by atoms with Crippen LogP contribution in [0.1, 0.15) is 18.3 Å². The first-order valence-corrected chi connectivity index (χ1v) is 9.70. The second kappa shape index (κ2) is 8.08. The molecule has 144 valence electrons. The van der Waals surface area contributed by atoms with Crippen LogP contribution in [0, 0.1) is 11.3 Å². The Hall–Kier alpha value is -3.77. The number of anilines is 1. The van der Waals surface area contributed by atoms with E-state index >= 15 is 0 Å². The quantitative estimate of drug-likeness (QED) is 0.388. The van der Waals surface area contributed by atoms with Gasteiger partial charge in [-0.05, 0) is 19.1 Å². The number of ether oxygens (including phenoxy) is 1. The van der Waals surface area contributed by atoms with Crippen LogP contribution < -0.4 is 10.2 Å². The molecule has 0 aliphatic rings. The summed E-state index contributed by atoms with van der Waals surface area (Å²) < 4.78 is 8.35. The molecular formula is C20H17N7OS. The molecule has 1 N–H and O–H groups in total. The van der Waals surface area contributed by atoms with Gasteiger partial charge in [0.15, 0.2) is 11.6 Å². The molecule has 0 bridgehead atoms. The molecule has 8 nitrogen and oxygen atoms in total. The number of rotatable bonds is 6. The molecule has 0 saturated carbocycles. The predicted octanol–water partition coefficient (Wildman–Crippen LogP) is 3.81. The second-order valence-corrected chi connectivity index (χ2v) is 7.03. The van der Waals surface area contributed by atoms with Crippen molar-refractivity contribution in [3.63, 3.8) is 0 Å². The van der Waals surface area contributed by atoms with Crippen molar-refractivity contribution in [3.8, 4) is 22.3 Å². The zero-order valence-corrected chi connectivity index (χ0v) is 16.6. The highest BCUT2D eigenvalue weighted by atomic mass is 32.1.